The molecule has 138 valence electrons. The third kappa shape index (κ3) is 4.37. The average molecular weight is 487 g/mol. The highest BCUT2D eigenvalue weighted by Gasteiger charge is 2.32. The molecule has 0 spiro atoms. The highest BCUT2D eigenvalue weighted by atomic mass is 127. The number of halogens is 1. The number of ether oxygens (including phenoxy) is 3. The quantitative estimate of drug-likeness (QED) is 0.360. The number of hydrogen-bond acceptors (Lipinski definition) is 6. The van der Waals surface area contributed by atoms with Gasteiger partial charge in [-0.3, -0.25) is 0 Å². The zero-order chi connectivity index (χ0) is 19.3. The molecule has 0 bridgehead atoms. The van der Waals surface area contributed by atoms with Gasteiger partial charge < -0.3 is 24.8 Å². The predicted octanol–water partition coefficient (Wildman–Crippen LogP) is 2.56. The lowest BCUT2D eigenvalue weighted by Crippen LogP contribution is -2.45. The monoisotopic (exact) mass is 487 g/mol. The minimum atomic E-state index is -0.491. The molecule has 1 aromatic carbocycles. The molecule has 0 fully saturated rings. The number of hydrogen-bond donors (Lipinski definition) is 2. The lowest BCUT2D eigenvalue weighted by atomic mass is 9.95. The Morgan fingerprint density at radius 2 is 2.19 bits per heavy atom. The van der Waals surface area contributed by atoms with Crippen LogP contribution in [0.3, 0.4) is 0 Å². The summed E-state index contributed by atoms with van der Waals surface area (Å²) >= 11 is 7.34. The number of esters is 1. The first-order chi connectivity index (χ1) is 12.4. The number of benzene rings is 1. The van der Waals surface area contributed by atoms with E-state index in [9.17, 15) is 4.79 Å². The Morgan fingerprint density at radius 1 is 1.46 bits per heavy atom. The number of carbonyl (C=O) groups excluding carboxylic acids is 1. The van der Waals surface area contributed by atoms with Crippen LogP contribution >= 0.6 is 34.8 Å². The van der Waals surface area contributed by atoms with E-state index in [0.29, 0.717) is 27.9 Å². The number of thiocarbonyl (C=S) groups is 1. The van der Waals surface area contributed by atoms with E-state index < -0.39 is 12.0 Å². The molecule has 7 nitrogen and oxygen atoms in total. The predicted molar refractivity (Wildman–Crippen MR) is 108 cm³/mol. The second-order valence-electron chi connectivity index (χ2n) is 5.27. The van der Waals surface area contributed by atoms with E-state index in [0.717, 1.165) is 9.13 Å². The van der Waals surface area contributed by atoms with E-state index in [1.807, 2.05) is 12.1 Å². The first kappa shape index (κ1) is 20.3. The van der Waals surface area contributed by atoms with Crippen LogP contribution in [0.4, 0.5) is 0 Å². The minimum Gasteiger partial charge on any atom is -0.493 e. The molecule has 0 aromatic heterocycles. The summed E-state index contributed by atoms with van der Waals surface area (Å²) in [5, 5.41) is 15.2. The van der Waals surface area contributed by atoms with Gasteiger partial charge in [-0.05, 0) is 66.4 Å². The summed E-state index contributed by atoms with van der Waals surface area (Å²) in [6.45, 7) is 3.71. The van der Waals surface area contributed by atoms with E-state index in [2.05, 4.69) is 33.2 Å². The van der Waals surface area contributed by atoms with E-state index in [1.165, 1.54) is 7.11 Å². The van der Waals surface area contributed by atoms with E-state index >= 15 is 0 Å². The largest absolute Gasteiger partial charge is 0.493 e. The average Bonchev–Trinajstić information content (AvgIpc) is 2.59. The van der Waals surface area contributed by atoms with Gasteiger partial charge in [0.2, 0.25) is 0 Å². The molecule has 0 amide bonds. The Kier molecular flexibility index (Phi) is 7.05. The lowest BCUT2D eigenvalue weighted by Gasteiger charge is -2.30. The van der Waals surface area contributed by atoms with Gasteiger partial charge >= 0.3 is 5.97 Å². The van der Waals surface area contributed by atoms with Gasteiger partial charge in [-0.2, -0.15) is 5.26 Å². The number of carbonyl (C=O) groups is 1. The Balaban J connectivity index is 2.52. The maximum atomic E-state index is 12.4. The topological polar surface area (TPSA) is 92.6 Å². The smallest absolute Gasteiger partial charge is 0.338 e. The number of nitrogens with one attached hydrogen (secondary N) is 2. The fourth-order valence-corrected chi connectivity index (χ4v) is 3.63. The zero-order valence-corrected chi connectivity index (χ0v) is 17.5. The van der Waals surface area contributed by atoms with Crippen LogP contribution in [0, 0.1) is 14.9 Å². The van der Waals surface area contributed by atoms with Crippen LogP contribution < -0.4 is 20.1 Å². The molecule has 1 heterocycles. The van der Waals surface area contributed by atoms with Gasteiger partial charge in [-0.25, -0.2) is 4.79 Å². The van der Waals surface area contributed by atoms with Crippen LogP contribution in [-0.2, 0) is 9.53 Å². The SMILES string of the molecule is CCOC(=O)C1=C(C)NC(=S)N[C@H]1c1cc(I)c(OCC#N)c(OC)c1. The lowest BCUT2D eigenvalue weighted by molar-refractivity contribution is -0.139. The van der Waals surface area contributed by atoms with Crippen molar-refractivity contribution in [1.29, 1.82) is 5.26 Å². The van der Waals surface area contributed by atoms with Crippen LogP contribution in [0.25, 0.3) is 0 Å². The normalized spacial score (nSPS) is 16.3. The third-order valence-electron chi connectivity index (χ3n) is 3.63. The molecule has 1 aliphatic heterocycles. The van der Waals surface area contributed by atoms with Crippen LogP contribution in [0.5, 0.6) is 11.5 Å². The number of methoxy groups -OCH3 is 1. The molecule has 9 heteroatoms. The molecule has 0 saturated carbocycles. The number of nitrogens with zero attached hydrogens (tertiary/aromatic N) is 1. The van der Waals surface area contributed by atoms with Gasteiger partial charge in [-0.15, -0.1) is 0 Å². The second kappa shape index (κ2) is 9.05. The molecule has 0 unspecified atom stereocenters. The van der Waals surface area contributed by atoms with Gasteiger partial charge in [0, 0.05) is 5.70 Å². The van der Waals surface area contributed by atoms with Crippen LogP contribution in [0.1, 0.15) is 25.5 Å². The maximum Gasteiger partial charge on any atom is 0.338 e. The van der Waals surface area contributed by atoms with Crippen molar-refractivity contribution in [1.82, 2.24) is 10.6 Å². The molecule has 26 heavy (non-hydrogen) atoms. The molecule has 1 aromatic rings. The van der Waals surface area contributed by atoms with Gasteiger partial charge in [0.1, 0.15) is 6.07 Å². The van der Waals surface area contributed by atoms with Crippen molar-refractivity contribution in [3.8, 4) is 17.6 Å². The van der Waals surface area contributed by atoms with Crippen LogP contribution in [0.15, 0.2) is 23.4 Å². The van der Waals surface area contributed by atoms with Gasteiger partial charge in [0.15, 0.2) is 23.2 Å². The summed E-state index contributed by atoms with van der Waals surface area (Å²) < 4.78 is 16.8. The van der Waals surface area contributed by atoms with E-state index in [4.69, 9.17) is 31.7 Å². The van der Waals surface area contributed by atoms with Crippen molar-refractivity contribution >= 4 is 45.9 Å². The highest BCUT2D eigenvalue weighted by molar-refractivity contribution is 14.1. The molecule has 0 aliphatic carbocycles. The van der Waals surface area contributed by atoms with E-state index in [-0.39, 0.29) is 13.2 Å². The molecule has 2 N–H and O–H groups in total. The summed E-state index contributed by atoms with van der Waals surface area (Å²) in [6, 6.07) is 5.05. The van der Waals surface area contributed by atoms with Crippen molar-refractivity contribution in [2.45, 2.75) is 19.9 Å². The third-order valence-corrected chi connectivity index (χ3v) is 4.65. The van der Waals surface area contributed by atoms with Gasteiger partial charge in [-0.1, -0.05) is 0 Å². The van der Waals surface area contributed by atoms with Gasteiger partial charge in [0.05, 0.1) is 28.9 Å². The molecule has 1 aliphatic rings. The fourth-order valence-electron chi connectivity index (χ4n) is 2.57. The molecule has 2 rings (SSSR count). The maximum absolute atomic E-state index is 12.4. The molecular formula is C17H18IN3O4S. The van der Waals surface area contributed by atoms with Crippen molar-refractivity contribution in [2.24, 2.45) is 0 Å². The summed E-state index contributed by atoms with van der Waals surface area (Å²) in [5.41, 5.74) is 1.85. The van der Waals surface area contributed by atoms with Crippen molar-refractivity contribution in [3.05, 3.63) is 32.5 Å². The summed E-state index contributed by atoms with van der Waals surface area (Å²) in [4.78, 5) is 12.4. The fraction of sp³-hybridized carbons (Fsp3) is 0.353. The van der Waals surface area contributed by atoms with Crippen molar-refractivity contribution < 1.29 is 19.0 Å². The first-order valence-electron chi connectivity index (χ1n) is 7.75. The van der Waals surface area contributed by atoms with Crippen molar-refractivity contribution in [2.75, 3.05) is 20.3 Å². The molecular weight excluding hydrogens is 469 g/mol. The summed E-state index contributed by atoms with van der Waals surface area (Å²) in [7, 11) is 1.52. The first-order valence-corrected chi connectivity index (χ1v) is 9.24. The number of nitriles is 1. The molecule has 0 saturated heterocycles. The Labute approximate surface area is 170 Å². The summed E-state index contributed by atoms with van der Waals surface area (Å²) in [6.07, 6.45) is 0. The number of allylic oxidation sites excluding steroid dienone is 1. The summed E-state index contributed by atoms with van der Waals surface area (Å²) in [5.74, 6) is 0.527. The Morgan fingerprint density at radius 3 is 2.81 bits per heavy atom. The van der Waals surface area contributed by atoms with Gasteiger partial charge in [0.25, 0.3) is 0 Å². The van der Waals surface area contributed by atoms with Crippen LogP contribution in [0.2, 0.25) is 0 Å². The zero-order valence-electron chi connectivity index (χ0n) is 14.5. The standard InChI is InChI=1S/C17H18IN3O4S/c1-4-24-16(22)13-9(2)20-17(26)21-14(13)10-7-11(18)15(25-6-5-19)12(8-10)23-3/h7-8,14H,4,6H2,1-3H3,(H2,20,21,26)/t14-/m0/s1. The van der Waals surface area contributed by atoms with E-state index in [1.54, 1.807) is 19.9 Å². The highest BCUT2D eigenvalue weighted by Crippen LogP contribution is 2.38. The molecule has 1 atom stereocenters. The Hall–Kier alpha value is -2.06. The second-order valence-corrected chi connectivity index (χ2v) is 6.84. The number of rotatable bonds is 6. The minimum absolute atomic E-state index is 0.0888. The Bertz CT molecular complexity index is 804. The van der Waals surface area contributed by atoms with Crippen molar-refractivity contribution in [3.63, 3.8) is 0 Å². The van der Waals surface area contributed by atoms with Crippen LogP contribution in [-0.4, -0.2) is 31.4 Å². The molecule has 0 radical (unpaired) electrons.